The van der Waals surface area contributed by atoms with Crippen LogP contribution in [0.5, 0.6) is 5.75 Å². The Balaban J connectivity index is 1.35. The lowest BCUT2D eigenvalue weighted by Gasteiger charge is -2.36. The molecule has 2 aliphatic heterocycles. The number of carbonyl (C=O) groups is 1. The van der Waals surface area contributed by atoms with Crippen molar-refractivity contribution >= 4 is 29.1 Å². The number of ether oxygens (including phenoxy) is 2. The number of piperazine rings is 1. The summed E-state index contributed by atoms with van der Waals surface area (Å²) in [5, 5.41) is 1.17. The van der Waals surface area contributed by atoms with Crippen molar-refractivity contribution in [2.24, 2.45) is 0 Å². The van der Waals surface area contributed by atoms with E-state index in [9.17, 15) is 4.79 Å². The zero-order chi connectivity index (χ0) is 18.4. The fourth-order valence-corrected chi connectivity index (χ4v) is 3.48. The van der Waals surface area contributed by atoms with Gasteiger partial charge in [-0.2, -0.15) is 0 Å². The minimum absolute atomic E-state index is 0.216. The van der Waals surface area contributed by atoms with Gasteiger partial charge in [0.05, 0.1) is 24.8 Å². The second-order valence-corrected chi connectivity index (χ2v) is 7.38. The van der Waals surface area contributed by atoms with Gasteiger partial charge in [0.1, 0.15) is 12.4 Å². The van der Waals surface area contributed by atoms with Gasteiger partial charge in [-0.25, -0.2) is 0 Å². The van der Waals surface area contributed by atoms with Gasteiger partial charge < -0.3 is 14.4 Å². The highest BCUT2D eigenvalue weighted by Crippen LogP contribution is 2.27. The molecule has 0 N–H and O–H groups in total. The summed E-state index contributed by atoms with van der Waals surface area (Å²) in [7, 11) is 0. The number of morpholine rings is 1. The molecule has 2 saturated heterocycles. The van der Waals surface area contributed by atoms with Crippen LogP contribution in [-0.4, -0.2) is 92.8 Å². The predicted octanol–water partition coefficient (Wildman–Crippen LogP) is 1.85. The molecule has 0 bridgehead atoms. The van der Waals surface area contributed by atoms with Gasteiger partial charge in [0.25, 0.3) is 0 Å². The molecule has 1 aromatic rings. The van der Waals surface area contributed by atoms with Crippen molar-refractivity contribution in [1.29, 1.82) is 0 Å². The summed E-state index contributed by atoms with van der Waals surface area (Å²) in [5.74, 6) is 0.826. The van der Waals surface area contributed by atoms with Crippen LogP contribution in [-0.2, 0) is 9.53 Å². The Morgan fingerprint density at radius 2 is 1.77 bits per heavy atom. The summed E-state index contributed by atoms with van der Waals surface area (Å²) in [6.45, 7) is 8.22. The van der Waals surface area contributed by atoms with Crippen molar-refractivity contribution in [2.75, 3.05) is 72.2 Å². The van der Waals surface area contributed by atoms with E-state index in [1.54, 1.807) is 18.2 Å². The monoisotopic (exact) mass is 401 g/mol. The Hall–Kier alpha value is -1.05. The fourth-order valence-electron chi connectivity index (χ4n) is 3.14. The molecule has 2 aliphatic rings. The SMILES string of the molecule is O=C(CN1CCOCC1)N1CCN(CCOc2cc(Cl)ccc2Cl)CC1. The third-order valence-corrected chi connectivity index (χ3v) is 5.29. The largest absolute Gasteiger partial charge is 0.491 e. The summed E-state index contributed by atoms with van der Waals surface area (Å²) in [5.41, 5.74) is 0. The van der Waals surface area contributed by atoms with Crippen molar-refractivity contribution in [3.05, 3.63) is 28.2 Å². The van der Waals surface area contributed by atoms with E-state index in [0.717, 1.165) is 59.0 Å². The number of benzene rings is 1. The molecule has 0 saturated carbocycles. The molecule has 6 nitrogen and oxygen atoms in total. The molecule has 2 fully saturated rings. The highest BCUT2D eigenvalue weighted by Gasteiger charge is 2.23. The number of carbonyl (C=O) groups excluding carboxylic acids is 1. The predicted molar refractivity (Wildman–Crippen MR) is 102 cm³/mol. The minimum Gasteiger partial charge on any atom is -0.491 e. The Morgan fingerprint density at radius 3 is 2.50 bits per heavy atom. The molecule has 2 heterocycles. The fraction of sp³-hybridized carbons (Fsp3) is 0.611. The van der Waals surface area contributed by atoms with E-state index < -0.39 is 0 Å². The summed E-state index contributed by atoms with van der Waals surface area (Å²) >= 11 is 12.1. The number of hydrogen-bond acceptors (Lipinski definition) is 5. The van der Waals surface area contributed by atoms with Crippen LogP contribution in [0.4, 0.5) is 0 Å². The lowest BCUT2D eigenvalue weighted by atomic mass is 10.3. The lowest BCUT2D eigenvalue weighted by Crippen LogP contribution is -2.52. The van der Waals surface area contributed by atoms with E-state index >= 15 is 0 Å². The second-order valence-electron chi connectivity index (χ2n) is 6.53. The van der Waals surface area contributed by atoms with Crippen LogP contribution in [0.2, 0.25) is 10.0 Å². The van der Waals surface area contributed by atoms with Gasteiger partial charge in [0.15, 0.2) is 0 Å². The van der Waals surface area contributed by atoms with Gasteiger partial charge >= 0.3 is 0 Å². The average Bonchev–Trinajstić information content (AvgIpc) is 2.66. The summed E-state index contributed by atoms with van der Waals surface area (Å²) in [4.78, 5) is 18.8. The molecule has 1 aromatic carbocycles. The van der Waals surface area contributed by atoms with Crippen molar-refractivity contribution in [2.45, 2.75) is 0 Å². The van der Waals surface area contributed by atoms with E-state index in [1.807, 2.05) is 4.90 Å². The van der Waals surface area contributed by atoms with Gasteiger partial charge in [-0.15, -0.1) is 0 Å². The third-order valence-electron chi connectivity index (χ3n) is 4.75. The van der Waals surface area contributed by atoms with Gasteiger partial charge in [0.2, 0.25) is 5.91 Å². The Kier molecular flexibility index (Phi) is 7.40. The van der Waals surface area contributed by atoms with Gasteiger partial charge in [-0.1, -0.05) is 23.2 Å². The number of halogens is 2. The molecule has 0 aromatic heterocycles. The molecule has 144 valence electrons. The van der Waals surface area contributed by atoms with E-state index in [0.29, 0.717) is 28.9 Å². The van der Waals surface area contributed by atoms with Gasteiger partial charge in [-0.05, 0) is 12.1 Å². The van der Waals surface area contributed by atoms with Crippen LogP contribution in [0.1, 0.15) is 0 Å². The van der Waals surface area contributed by atoms with Crippen molar-refractivity contribution in [1.82, 2.24) is 14.7 Å². The standard InChI is InChI=1S/C18H25Cl2N3O3/c19-15-1-2-16(20)17(13-15)26-12-9-21-3-5-23(6-4-21)18(24)14-22-7-10-25-11-8-22/h1-2,13H,3-12,14H2. The number of rotatable bonds is 6. The van der Waals surface area contributed by atoms with Crippen LogP contribution in [0.3, 0.4) is 0 Å². The molecule has 8 heteroatoms. The Bertz CT molecular complexity index is 603. The first-order chi connectivity index (χ1) is 12.6. The van der Waals surface area contributed by atoms with E-state index in [4.69, 9.17) is 32.7 Å². The van der Waals surface area contributed by atoms with Crippen LogP contribution >= 0.6 is 23.2 Å². The third kappa shape index (κ3) is 5.72. The molecular weight excluding hydrogens is 377 g/mol. The summed E-state index contributed by atoms with van der Waals surface area (Å²) in [6, 6.07) is 5.20. The molecule has 0 aliphatic carbocycles. The Labute approximate surface area is 164 Å². The number of nitrogens with zero attached hydrogens (tertiary/aromatic N) is 3. The lowest BCUT2D eigenvalue weighted by molar-refractivity contribution is -0.135. The van der Waals surface area contributed by atoms with Crippen molar-refractivity contribution in [3.63, 3.8) is 0 Å². The zero-order valence-electron chi connectivity index (χ0n) is 14.8. The molecule has 3 rings (SSSR count). The topological polar surface area (TPSA) is 45.2 Å². The van der Waals surface area contributed by atoms with E-state index in [1.165, 1.54) is 0 Å². The molecule has 26 heavy (non-hydrogen) atoms. The first-order valence-corrected chi connectivity index (χ1v) is 9.75. The Morgan fingerprint density at radius 1 is 1.04 bits per heavy atom. The van der Waals surface area contributed by atoms with Crippen molar-refractivity contribution in [3.8, 4) is 5.75 Å². The maximum absolute atomic E-state index is 12.4. The maximum atomic E-state index is 12.4. The molecule has 0 atom stereocenters. The highest BCUT2D eigenvalue weighted by atomic mass is 35.5. The maximum Gasteiger partial charge on any atom is 0.236 e. The number of hydrogen-bond donors (Lipinski definition) is 0. The molecule has 0 unspecified atom stereocenters. The average molecular weight is 402 g/mol. The highest BCUT2D eigenvalue weighted by molar-refractivity contribution is 6.34. The number of amides is 1. The normalized spacial score (nSPS) is 19.5. The first kappa shape index (κ1) is 19.7. The van der Waals surface area contributed by atoms with Crippen LogP contribution in [0, 0.1) is 0 Å². The van der Waals surface area contributed by atoms with E-state index in [2.05, 4.69) is 9.80 Å². The molecule has 0 spiro atoms. The second kappa shape index (κ2) is 9.76. The smallest absolute Gasteiger partial charge is 0.236 e. The molecule has 1 amide bonds. The zero-order valence-corrected chi connectivity index (χ0v) is 16.3. The van der Waals surface area contributed by atoms with Crippen LogP contribution < -0.4 is 4.74 Å². The van der Waals surface area contributed by atoms with Crippen LogP contribution in [0.15, 0.2) is 18.2 Å². The van der Waals surface area contributed by atoms with Crippen LogP contribution in [0.25, 0.3) is 0 Å². The summed E-state index contributed by atoms with van der Waals surface area (Å²) in [6.07, 6.45) is 0. The minimum atomic E-state index is 0.216. The molecular formula is C18H25Cl2N3O3. The quantitative estimate of drug-likeness (QED) is 0.727. The van der Waals surface area contributed by atoms with Gasteiger partial charge in [-0.3, -0.25) is 14.6 Å². The molecule has 0 radical (unpaired) electrons. The first-order valence-electron chi connectivity index (χ1n) is 9.00. The van der Waals surface area contributed by atoms with Gasteiger partial charge in [0, 0.05) is 56.9 Å². The van der Waals surface area contributed by atoms with E-state index in [-0.39, 0.29) is 5.91 Å². The summed E-state index contributed by atoms with van der Waals surface area (Å²) < 4.78 is 11.1. The van der Waals surface area contributed by atoms with Crippen molar-refractivity contribution < 1.29 is 14.3 Å².